The molecule has 0 N–H and O–H groups in total. The second-order valence-corrected chi connectivity index (χ2v) is 3.87. The third-order valence-corrected chi connectivity index (χ3v) is 2.52. The van der Waals surface area contributed by atoms with Crippen molar-refractivity contribution < 1.29 is 4.57 Å². The Balaban J connectivity index is 0. The number of hydrogen-bond acceptors (Lipinski definition) is 0. The van der Waals surface area contributed by atoms with E-state index in [9.17, 15) is 0 Å². The summed E-state index contributed by atoms with van der Waals surface area (Å²) in [6, 6.07) is 0.646. The zero-order chi connectivity index (χ0) is 13.7. The summed E-state index contributed by atoms with van der Waals surface area (Å²) in [5.41, 5.74) is 0. The summed E-state index contributed by atoms with van der Waals surface area (Å²) in [5, 5.41) is 0. The fourth-order valence-electron chi connectivity index (χ4n) is 1.57. The van der Waals surface area contributed by atoms with E-state index in [1.54, 1.807) is 0 Å². The third-order valence-electron chi connectivity index (χ3n) is 2.52. The highest BCUT2D eigenvalue weighted by Gasteiger charge is 2.08. The van der Waals surface area contributed by atoms with Gasteiger partial charge in [-0.1, -0.05) is 47.5 Å². The van der Waals surface area contributed by atoms with Gasteiger partial charge < -0.3 is 0 Å². The molecular weight excluding hydrogens is 208 g/mol. The van der Waals surface area contributed by atoms with Gasteiger partial charge in [-0.15, -0.1) is 0 Å². The monoisotopic (exact) mass is 241 g/mol. The maximum Gasteiger partial charge on any atom is 0.243 e. The van der Waals surface area contributed by atoms with Crippen LogP contribution in [0.3, 0.4) is 0 Å². The highest BCUT2D eigenvalue weighted by Crippen LogP contribution is 2.13. The Morgan fingerprint density at radius 1 is 1.12 bits per heavy atom. The summed E-state index contributed by atoms with van der Waals surface area (Å²) >= 11 is 0. The summed E-state index contributed by atoms with van der Waals surface area (Å²) in [5.74, 6) is 0. The first-order valence-electron chi connectivity index (χ1n) is 7.26. The van der Waals surface area contributed by atoms with Gasteiger partial charge in [-0.3, -0.25) is 0 Å². The van der Waals surface area contributed by atoms with Crippen LogP contribution < -0.4 is 4.57 Å². The van der Waals surface area contributed by atoms with Crippen molar-refractivity contribution in [3.63, 3.8) is 0 Å². The molecule has 0 radical (unpaired) electrons. The van der Waals surface area contributed by atoms with Crippen LogP contribution in [0.4, 0.5) is 0 Å². The molecule has 1 heterocycles. The van der Waals surface area contributed by atoms with Crippen molar-refractivity contribution in [3.05, 3.63) is 18.7 Å². The van der Waals surface area contributed by atoms with E-state index in [-0.39, 0.29) is 0 Å². The summed E-state index contributed by atoms with van der Waals surface area (Å²) in [6.45, 7) is 12.5. The zero-order valence-electron chi connectivity index (χ0n) is 13.0. The van der Waals surface area contributed by atoms with Gasteiger partial charge in [0.05, 0.1) is 13.1 Å². The van der Waals surface area contributed by atoms with Crippen LogP contribution in [-0.2, 0) is 7.05 Å². The lowest BCUT2D eigenvalue weighted by atomic mass is 10.1. The quantitative estimate of drug-likeness (QED) is 0.530. The number of rotatable bonds is 5. The van der Waals surface area contributed by atoms with E-state index in [1.807, 2.05) is 27.7 Å². The number of aromatic nitrogens is 2. The van der Waals surface area contributed by atoms with E-state index in [4.69, 9.17) is 0 Å². The Morgan fingerprint density at radius 3 is 2.12 bits per heavy atom. The van der Waals surface area contributed by atoms with Gasteiger partial charge in [0.1, 0.15) is 12.4 Å². The average molecular weight is 241 g/mol. The number of aryl methyl sites for hydroxylation is 1. The molecule has 0 bridgehead atoms. The first-order chi connectivity index (χ1) is 8.24. The Bertz CT molecular complexity index is 241. The molecule has 1 aromatic heterocycles. The van der Waals surface area contributed by atoms with Crippen LogP contribution in [0.2, 0.25) is 0 Å². The van der Waals surface area contributed by atoms with Gasteiger partial charge in [0, 0.05) is 0 Å². The van der Waals surface area contributed by atoms with Crippen LogP contribution >= 0.6 is 0 Å². The smallest absolute Gasteiger partial charge is 0.240 e. The Hall–Kier alpha value is -0.790. The van der Waals surface area contributed by atoms with Gasteiger partial charge >= 0.3 is 0 Å². The van der Waals surface area contributed by atoms with Crippen LogP contribution in [0.5, 0.6) is 0 Å². The molecule has 0 aliphatic rings. The molecule has 102 valence electrons. The molecular formula is C15H33N2+. The molecule has 0 fully saturated rings. The van der Waals surface area contributed by atoms with E-state index in [0.717, 1.165) is 0 Å². The van der Waals surface area contributed by atoms with Crippen LogP contribution in [-0.4, -0.2) is 4.57 Å². The lowest BCUT2D eigenvalue weighted by Crippen LogP contribution is -2.24. The topological polar surface area (TPSA) is 8.81 Å². The maximum absolute atomic E-state index is 2.29. The van der Waals surface area contributed by atoms with Crippen molar-refractivity contribution in [1.29, 1.82) is 0 Å². The largest absolute Gasteiger partial charge is 0.243 e. The van der Waals surface area contributed by atoms with E-state index >= 15 is 0 Å². The molecule has 1 aromatic rings. The van der Waals surface area contributed by atoms with E-state index in [1.165, 1.54) is 25.7 Å². The van der Waals surface area contributed by atoms with Crippen molar-refractivity contribution in [2.45, 2.75) is 73.3 Å². The molecule has 0 aromatic carbocycles. The predicted octanol–water partition coefficient (Wildman–Crippen LogP) is 4.51. The maximum atomic E-state index is 2.29. The first kappa shape index (κ1) is 18.6. The SMILES string of the molecule is CC.CC.CCCCCC(C)n1cc[n+](C)c1. The molecule has 0 aliphatic heterocycles. The van der Waals surface area contributed by atoms with Crippen molar-refractivity contribution in [2.75, 3.05) is 0 Å². The molecule has 1 atom stereocenters. The minimum atomic E-state index is 0.646. The standard InChI is InChI=1S/C11H21N2.2C2H6/c1-4-5-6-7-11(2)13-9-8-12(3)10-13;2*1-2/h8-11H,4-7H2,1-3H3;2*1-2H3/q+1;;. The summed E-state index contributed by atoms with van der Waals surface area (Å²) in [4.78, 5) is 0. The van der Waals surface area contributed by atoms with Crippen molar-refractivity contribution in [2.24, 2.45) is 7.05 Å². The van der Waals surface area contributed by atoms with Gasteiger partial charge in [-0.05, 0) is 19.8 Å². The second kappa shape index (κ2) is 13.3. The highest BCUT2D eigenvalue weighted by molar-refractivity contribution is 4.72. The fourth-order valence-corrected chi connectivity index (χ4v) is 1.57. The van der Waals surface area contributed by atoms with E-state index in [0.29, 0.717) is 6.04 Å². The van der Waals surface area contributed by atoms with Gasteiger partial charge in [-0.2, -0.15) is 0 Å². The summed E-state index contributed by atoms with van der Waals surface area (Å²) in [7, 11) is 2.06. The van der Waals surface area contributed by atoms with Crippen LogP contribution in [0.1, 0.15) is 73.3 Å². The van der Waals surface area contributed by atoms with Gasteiger partial charge in [0.2, 0.25) is 6.33 Å². The number of nitrogens with zero attached hydrogens (tertiary/aromatic N) is 2. The molecule has 0 amide bonds. The Kier molecular flexibility index (Phi) is 14.5. The molecule has 0 saturated carbocycles. The fraction of sp³-hybridized carbons (Fsp3) is 0.800. The minimum absolute atomic E-state index is 0.646. The lowest BCUT2D eigenvalue weighted by Gasteiger charge is -2.06. The molecule has 0 aliphatic carbocycles. The molecule has 0 spiro atoms. The second-order valence-electron chi connectivity index (χ2n) is 3.87. The third kappa shape index (κ3) is 8.96. The molecule has 2 nitrogen and oxygen atoms in total. The normalized spacial score (nSPS) is 10.8. The van der Waals surface area contributed by atoms with Crippen LogP contribution in [0.25, 0.3) is 0 Å². The molecule has 17 heavy (non-hydrogen) atoms. The predicted molar refractivity (Wildman–Crippen MR) is 77.2 cm³/mol. The number of hydrogen-bond donors (Lipinski definition) is 0. The van der Waals surface area contributed by atoms with Gasteiger partial charge in [0.15, 0.2) is 0 Å². The number of unbranched alkanes of at least 4 members (excludes halogenated alkanes) is 2. The first-order valence-corrected chi connectivity index (χ1v) is 7.26. The average Bonchev–Trinajstić information content (AvgIpc) is 2.81. The van der Waals surface area contributed by atoms with Crippen molar-refractivity contribution in [1.82, 2.24) is 4.57 Å². The Morgan fingerprint density at radius 2 is 1.71 bits per heavy atom. The van der Waals surface area contributed by atoms with Crippen LogP contribution in [0.15, 0.2) is 18.7 Å². The molecule has 1 rings (SSSR count). The van der Waals surface area contributed by atoms with Crippen LogP contribution in [0, 0.1) is 0 Å². The molecule has 2 heteroatoms. The summed E-state index contributed by atoms with van der Waals surface area (Å²) in [6.07, 6.45) is 11.7. The van der Waals surface area contributed by atoms with Gasteiger partial charge in [0.25, 0.3) is 0 Å². The van der Waals surface area contributed by atoms with Crippen molar-refractivity contribution >= 4 is 0 Å². The van der Waals surface area contributed by atoms with E-state index < -0.39 is 0 Å². The zero-order valence-corrected chi connectivity index (χ0v) is 13.0. The Labute approximate surface area is 109 Å². The van der Waals surface area contributed by atoms with Crippen molar-refractivity contribution in [3.8, 4) is 0 Å². The minimum Gasteiger partial charge on any atom is -0.240 e. The lowest BCUT2D eigenvalue weighted by molar-refractivity contribution is -0.671. The van der Waals surface area contributed by atoms with Gasteiger partial charge in [-0.25, -0.2) is 9.13 Å². The highest BCUT2D eigenvalue weighted by atomic mass is 15.1. The summed E-state index contributed by atoms with van der Waals surface area (Å²) < 4.78 is 4.38. The van der Waals surface area contributed by atoms with E-state index in [2.05, 4.69) is 48.8 Å². The molecule has 0 saturated heterocycles. The molecule has 1 unspecified atom stereocenters. The number of imidazole rings is 1.